The Bertz CT molecular complexity index is 784. The molecule has 1 atom stereocenters. The lowest BCUT2D eigenvalue weighted by atomic mass is 9.95. The zero-order chi connectivity index (χ0) is 16.8. The number of hydrogen-bond donors (Lipinski definition) is 1. The minimum absolute atomic E-state index is 0.0676. The molecule has 1 aliphatic rings. The van der Waals surface area contributed by atoms with Crippen LogP contribution in [0.2, 0.25) is 0 Å². The molecule has 0 aliphatic carbocycles. The van der Waals surface area contributed by atoms with Gasteiger partial charge in [0.2, 0.25) is 0 Å². The SMILES string of the molecule is Cc1cccc(C(CC#Cc2ccccc2)NC2=NCCO2)c1C. The third kappa shape index (κ3) is 3.97. The highest BCUT2D eigenvalue weighted by Gasteiger charge is 2.18. The van der Waals surface area contributed by atoms with E-state index in [0.29, 0.717) is 19.0 Å². The van der Waals surface area contributed by atoms with Crippen LogP contribution in [0.5, 0.6) is 0 Å². The minimum Gasteiger partial charge on any atom is -0.463 e. The Morgan fingerprint density at radius 2 is 1.96 bits per heavy atom. The van der Waals surface area contributed by atoms with Crippen LogP contribution >= 0.6 is 0 Å². The molecule has 1 N–H and O–H groups in total. The van der Waals surface area contributed by atoms with Gasteiger partial charge in [0, 0.05) is 12.0 Å². The number of amidine groups is 1. The molecular weight excluding hydrogens is 296 g/mol. The second-order valence-corrected chi connectivity index (χ2v) is 5.89. The molecule has 1 unspecified atom stereocenters. The summed E-state index contributed by atoms with van der Waals surface area (Å²) in [5.74, 6) is 6.53. The quantitative estimate of drug-likeness (QED) is 0.874. The monoisotopic (exact) mass is 318 g/mol. The van der Waals surface area contributed by atoms with E-state index in [-0.39, 0.29) is 6.04 Å². The molecule has 1 heterocycles. The first-order valence-corrected chi connectivity index (χ1v) is 8.28. The Hall–Kier alpha value is -2.73. The van der Waals surface area contributed by atoms with Crippen LogP contribution in [0, 0.1) is 25.7 Å². The van der Waals surface area contributed by atoms with E-state index in [4.69, 9.17) is 4.74 Å². The molecule has 1 aliphatic heterocycles. The number of hydrogen-bond acceptors (Lipinski definition) is 3. The van der Waals surface area contributed by atoms with Crippen molar-refractivity contribution in [2.45, 2.75) is 26.3 Å². The number of aliphatic imine (C=N–C) groups is 1. The summed E-state index contributed by atoms with van der Waals surface area (Å²) in [6.07, 6.45) is 0.696. The van der Waals surface area contributed by atoms with Gasteiger partial charge >= 0.3 is 0 Å². The number of rotatable bonds is 3. The summed E-state index contributed by atoms with van der Waals surface area (Å²) >= 11 is 0. The van der Waals surface area contributed by atoms with Crippen molar-refractivity contribution in [1.29, 1.82) is 0 Å². The summed E-state index contributed by atoms with van der Waals surface area (Å²) < 4.78 is 5.53. The van der Waals surface area contributed by atoms with Gasteiger partial charge in [-0.15, -0.1) is 0 Å². The number of benzene rings is 2. The zero-order valence-electron chi connectivity index (χ0n) is 14.2. The molecule has 0 saturated carbocycles. The molecule has 24 heavy (non-hydrogen) atoms. The number of nitrogens with one attached hydrogen (secondary N) is 1. The standard InChI is InChI=1S/C21H22N2O/c1-16-8-6-12-19(17(16)2)20(23-21-22-14-15-24-21)13-7-11-18-9-4-3-5-10-18/h3-6,8-10,12,20H,13-15H2,1-2H3,(H,22,23). The van der Waals surface area contributed by atoms with Crippen molar-refractivity contribution in [2.24, 2.45) is 4.99 Å². The Labute approximate surface area is 143 Å². The molecule has 0 aromatic heterocycles. The van der Waals surface area contributed by atoms with E-state index < -0.39 is 0 Å². The Balaban J connectivity index is 1.82. The fourth-order valence-corrected chi connectivity index (χ4v) is 2.74. The first-order chi connectivity index (χ1) is 11.7. The Morgan fingerprint density at radius 3 is 2.71 bits per heavy atom. The van der Waals surface area contributed by atoms with Gasteiger partial charge in [0.1, 0.15) is 6.61 Å². The van der Waals surface area contributed by atoms with Crippen LogP contribution in [-0.4, -0.2) is 19.2 Å². The normalized spacial score (nSPS) is 14.2. The second-order valence-electron chi connectivity index (χ2n) is 5.89. The van der Waals surface area contributed by atoms with Crippen LogP contribution in [0.15, 0.2) is 53.5 Å². The lowest BCUT2D eigenvalue weighted by Gasteiger charge is -2.20. The van der Waals surface area contributed by atoms with Crippen LogP contribution in [0.3, 0.4) is 0 Å². The number of nitrogens with zero attached hydrogens (tertiary/aromatic N) is 1. The first-order valence-electron chi connectivity index (χ1n) is 8.28. The van der Waals surface area contributed by atoms with Crippen LogP contribution in [0.25, 0.3) is 0 Å². The largest absolute Gasteiger partial charge is 0.463 e. The third-order valence-electron chi connectivity index (χ3n) is 4.22. The Kier molecular flexibility index (Phi) is 5.18. The second kappa shape index (κ2) is 7.70. The number of aryl methyl sites for hydroxylation is 1. The maximum atomic E-state index is 5.53. The van der Waals surface area contributed by atoms with Crippen LogP contribution < -0.4 is 5.32 Å². The molecule has 2 aromatic carbocycles. The summed E-state index contributed by atoms with van der Waals surface area (Å²) in [5, 5.41) is 3.41. The molecule has 0 spiro atoms. The topological polar surface area (TPSA) is 33.6 Å². The maximum Gasteiger partial charge on any atom is 0.285 e. The average molecular weight is 318 g/mol. The van der Waals surface area contributed by atoms with Crippen LogP contribution in [-0.2, 0) is 4.74 Å². The van der Waals surface area contributed by atoms with E-state index in [1.54, 1.807) is 0 Å². The van der Waals surface area contributed by atoms with E-state index in [0.717, 1.165) is 12.1 Å². The van der Waals surface area contributed by atoms with E-state index in [2.05, 4.69) is 54.2 Å². The highest BCUT2D eigenvalue weighted by Crippen LogP contribution is 2.23. The predicted molar refractivity (Wildman–Crippen MR) is 98.0 cm³/mol. The van der Waals surface area contributed by atoms with Gasteiger partial charge in [-0.3, -0.25) is 0 Å². The summed E-state index contributed by atoms with van der Waals surface area (Å²) in [6.45, 7) is 5.66. The van der Waals surface area contributed by atoms with E-state index in [1.807, 2.05) is 30.3 Å². The van der Waals surface area contributed by atoms with Crippen molar-refractivity contribution >= 4 is 6.02 Å². The first kappa shape index (κ1) is 16.1. The molecule has 122 valence electrons. The third-order valence-corrected chi connectivity index (χ3v) is 4.22. The molecule has 0 saturated heterocycles. The number of ether oxygens (including phenoxy) is 1. The fraction of sp³-hybridized carbons (Fsp3) is 0.286. The van der Waals surface area contributed by atoms with E-state index in [1.165, 1.54) is 16.7 Å². The molecule has 3 nitrogen and oxygen atoms in total. The highest BCUT2D eigenvalue weighted by atomic mass is 16.5. The summed E-state index contributed by atoms with van der Waals surface area (Å²) in [4.78, 5) is 4.35. The van der Waals surface area contributed by atoms with Crippen LogP contribution in [0.4, 0.5) is 0 Å². The molecule has 0 fully saturated rings. The summed E-state index contributed by atoms with van der Waals surface area (Å²) in [6, 6.07) is 17.1. The van der Waals surface area contributed by atoms with Crippen molar-refractivity contribution in [2.75, 3.05) is 13.2 Å². The van der Waals surface area contributed by atoms with Gasteiger partial charge < -0.3 is 10.1 Å². The summed E-state index contributed by atoms with van der Waals surface area (Å²) in [7, 11) is 0. The molecule has 0 radical (unpaired) electrons. The van der Waals surface area contributed by atoms with Crippen LogP contribution in [0.1, 0.15) is 34.7 Å². The lowest BCUT2D eigenvalue weighted by molar-refractivity contribution is 0.325. The maximum absolute atomic E-state index is 5.53. The van der Waals surface area contributed by atoms with Gasteiger partial charge in [0.15, 0.2) is 0 Å². The van der Waals surface area contributed by atoms with Gasteiger partial charge in [-0.1, -0.05) is 48.2 Å². The van der Waals surface area contributed by atoms with Gasteiger partial charge in [0.05, 0.1) is 12.6 Å². The van der Waals surface area contributed by atoms with Gasteiger partial charge in [-0.2, -0.15) is 0 Å². The van der Waals surface area contributed by atoms with Crippen molar-refractivity contribution in [3.63, 3.8) is 0 Å². The highest BCUT2D eigenvalue weighted by molar-refractivity contribution is 5.75. The summed E-state index contributed by atoms with van der Waals surface area (Å²) in [5.41, 5.74) is 4.85. The lowest BCUT2D eigenvalue weighted by Crippen LogP contribution is -2.29. The van der Waals surface area contributed by atoms with Crippen molar-refractivity contribution < 1.29 is 4.74 Å². The molecule has 3 rings (SSSR count). The fourth-order valence-electron chi connectivity index (χ4n) is 2.74. The predicted octanol–water partition coefficient (Wildman–Crippen LogP) is 3.76. The van der Waals surface area contributed by atoms with Crippen molar-refractivity contribution in [3.05, 3.63) is 70.8 Å². The van der Waals surface area contributed by atoms with E-state index in [9.17, 15) is 0 Å². The molecular formula is C21H22N2O. The smallest absolute Gasteiger partial charge is 0.285 e. The zero-order valence-corrected chi connectivity index (χ0v) is 14.2. The average Bonchev–Trinajstić information content (AvgIpc) is 3.11. The van der Waals surface area contributed by atoms with Gasteiger partial charge in [0.25, 0.3) is 6.02 Å². The van der Waals surface area contributed by atoms with Gasteiger partial charge in [-0.05, 0) is 42.7 Å². The molecule has 2 aromatic rings. The van der Waals surface area contributed by atoms with Gasteiger partial charge in [-0.25, -0.2) is 4.99 Å². The Morgan fingerprint density at radius 1 is 1.12 bits per heavy atom. The van der Waals surface area contributed by atoms with Crippen molar-refractivity contribution in [1.82, 2.24) is 5.32 Å². The molecule has 3 heteroatoms. The van der Waals surface area contributed by atoms with Crippen molar-refractivity contribution in [3.8, 4) is 11.8 Å². The molecule has 0 bridgehead atoms. The van der Waals surface area contributed by atoms with E-state index >= 15 is 0 Å². The minimum atomic E-state index is 0.0676. The molecule has 0 amide bonds.